The third kappa shape index (κ3) is 4.09. The minimum atomic E-state index is -4.35. The fourth-order valence-electron chi connectivity index (χ4n) is 2.36. The number of anilines is 1. The third-order valence-corrected chi connectivity index (χ3v) is 3.42. The average Bonchev–Trinajstić information content (AvgIpc) is 2.36. The summed E-state index contributed by atoms with van der Waals surface area (Å²) in [7, 11) is 0. The molecule has 2 unspecified atom stereocenters. The molecule has 1 heterocycles. The number of aliphatic hydroxyl groups excluding tert-OH is 1. The molecule has 1 aromatic rings. The minimum absolute atomic E-state index is 0.249. The van der Waals surface area contributed by atoms with Gasteiger partial charge in [-0.3, -0.25) is 0 Å². The molecule has 1 saturated carbocycles. The van der Waals surface area contributed by atoms with Crippen molar-refractivity contribution in [3.8, 4) is 0 Å². The van der Waals surface area contributed by atoms with Crippen molar-refractivity contribution in [2.75, 3.05) is 11.9 Å². The summed E-state index contributed by atoms with van der Waals surface area (Å²) < 4.78 is 37.1. The van der Waals surface area contributed by atoms with Crippen LogP contribution in [-0.4, -0.2) is 22.7 Å². The van der Waals surface area contributed by atoms with Gasteiger partial charge in [-0.1, -0.05) is 6.42 Å². The second kappa shape index (κ2) is 5.77. The molecule has 0 saturated heterocycles. The fourth-order valence-corrected chi connectivity index (χ4v) is 2.36. The summed E-state index contributed by atoms with van der Waals surface area (Å²) in [5, 5.41) is 12.6. The van der Waals surface area contributed by atoms with Gasteiger partial charge >= 0.3 is 6.18 Å². The Morgan fingerprint density at radius 3 is 2.68 bits per heavy atom. The molecule has 19 heavy (non-hydrogen) atoms. The lowest BCUT2D eigenvalue weighted by molar-refractivity contribution is -0.137. The van der Waals surface area contributed by atoms with E-state index in [0.29, 0.717) is 18.3 Å². The number of nitrogens with one attached hydrogen (secondary N) is 1. The highest BCUT2D eigenvalue weighted by molar-refractivity contribution is 5.36. The normalized spacial score (nSPS) is 24.2. The van der Waals surface area contributed by atoms with Crippen LogP contribution in [0, 0.1) is 5.92 Å². The van der Waals surface area contributed by atoms with Gasteiger partial charge in [-0.05, 0) is 37.3 Å². The lowest BCUT2D eigenvalue weighted by atomic mass is 9.87. The molecule has 1 aliphatic carbocycles. The highest BCUT2D eigenvalue weighted by atomic mass is 19.4. The van der Waals surface area contributed by atoms with Crippen LogP contribution in [0.15, 0.2) is 18.3 Å². The average molecular weight is 274 g/mol. The predicted octanol–water partition coefficient (Wildman–Crippen LogP) is 3.06. The maximum Gasteiger partial charge on any atom is 0.417 e. The SMILES string of the molecule is OC1CCCC(CNc2ccc(C(F)(F)F)cn2)C1. The smallest absolute Gasteiger partial charge is 0.393 e. The number of aromatic nitrogens is 1. The summed E-state index contributed by atoms with van der Waals surface area (Å²) in [4.78, 5) is 3.75. The number of hydrogen-bond donors (Lipinski definition) is 2. The van der Waals surface area contributed by atoms with E-state index >= 15 is 0 Å². The van der Waals surface area contributed by atoms with E-state index in [1.54, 1.807) is 0 Å². The van der Waals surface area contributed by atoms with Crippen molar-refractivity contribution >= 4 is 5.82 Å². The molecule has 2 N–H and O–H groups in total. The van der Waals surface area contributed by atoms with Gasteiger partial charge in [0.15, 0.2) is 0 Å². The zero-order chi connectivity index (χ0) is 13.9. The molecule has 6 heteroatoms. The Morgan fingerprint density at radius 2 is 2.11 bits per heavy atom. The van der Waals surface area contributed by atoms with Crippen molar-refractivity contribution in [3.63, 3.8) is 0 Å². The molecule has 1 fully saturated rings. The Morgan fingerprint density at radius 1 is 1.32 bits per heavy atom. The van der Waals surface area contributed by atoms with E-state index in [2.05, 4.69) is 10.3 Å². The van der Waals surface area contributed by atoms with E-state index in [1.807, 2.05) is 0 Å². The largest absolute Gasteiger partial charge is 0.417 e. The Balaban J connectivity index is 1.86. The number of pyridine rings is 1. The fraction of sp³-hybridized carbons (Fsp3) is 0.615. The molecule has 1 aromatic heterocycles. The lowest BCUT2D eigenvalue weighted by Gasteiger charge is -2.26. The van der Waals surface area contributed by atoms with E-state index in [1.165, 1.54) is 6.07 Å². The summed E-state index contributed by atoms with van der Waals surface area (Å²) in [6.07, 6.45) is -0.153. The van der Waals surface area contributed by atoms with Gasteiger partial charge in [0.1, 0.15) is 5.82 Å². The first-order valence-electron chi connectivity index (χ1n) is 6.40. The lowest BCUT2D eigenvalue weighted by Crippen LogP contribution is -2.25. The van der Waals surface area contributed by atoms with Gasteiger partial charge in [0.2, 0.25) is 0 Å². The molecule has 2 atom stereocenters. The molecular formula is C13H17F3N2O. The summed E-state index contributed by atoms with van der Waals surface area (Å²) >= 11 is 0. The molecule has 0 bridgehead atoms. The van der Waals surface area contributed by atoms with Gasteiger partial charge in [-0.25, -0.2) is 4.98 Å². The van der Waals surface area contributed by atoms with Crippen molar-refractivity contribution in [2.24, 2.45) is 5.92 Å². The predicted molar refractivity (Wildman–Crippen MR) is 65.7 cm³/mol. The molecule has 2 rings (SSSR count). The number of hydrogen-bond acceptors (Lipinski definition) is 3. The number of aliphatic hydroxyl groups is 1. The Kier molecular flexibility index (Phi) is 4.29. The van der Waals surface area contributed by atoms with Crippen LogP contribution in [0.3, 0.4) is 0 Å². The standard InChI is InChI=1S/C13H17F3N2O/c14-13(15,16)10-4-5-12(18-8-10)17-7-9-2-1-3-11(19)6-9/h4-5,8-9,11,19H,1-3,6-7H2,(H,17,18). The van der Waals surface area contributed by atoms with Gasteiger partial charge in [0, 0.05) is 12.7 Å². The van der Waals surface area contributed by atoms with E-state index in [9.17, 15) is 18.3 Å². The highest BCUT2D eigenvalue weighted by Crippen LogP contribution is 2.29. The van der Waals surface area contributed by atoms with Crippen LogP contribution in [0.2, 0.25) is 0 Å². The summed E-state index contributed by atoms with van der Waals surface area (Å²) in [6.45, 7) is 0.634. The first-order valence-corrected chi connectivity index (χ1v) is 6.40. The van der Waals surface area contributed by atoms with Crippen LogP contribution >= 0.6 is 0 Å². The molecule has 0 spiro atoms. The van der Waals surface area contributed by atoms with Gasteiger partial charge in [-0.15, -0.1) is 0 Å². The molecular weight excluding hydrogens is 257 g/mol. The van der Waals surface area contributed by atoms with Crippen LogP contribution in [0.4, 0.5) is 19.0 Å². The van der Waals surface area contributed by atoms with Crippen LogP contribution in [0.5, 0.6) is 0 Å². The molecule has 0 radical (unpaired) electrons. The van der Waals surface area contributed by atoms with Crippen LogP contribution in [0.1, 0.15) is 31.2 Å². The Hall–Kier alpha value is -1.30. The van der Waals surface area contributed by atoms with Crippen molar-refractivity contribution in [1.82, 2.24) is 4.98 Å². The van der Waals surface area contributed by atoms with Crippen molar-refractivity contribution in [2.45, 2.75) is 38.0 Å². The topological polar surface area (TPSA) is 45.1 Å². The monoisotopic (exact) mass is 274 g/mol. The van der Waals surface area contributed by atoms with E-state index < -0.39 is 11.7 Å². The van der Waals surface area contributed by atoms with Gasteiger partial charge in [0.25, 0.3) is 0 Å². The maximum atomic E-state index is 12.4. The zero-order valence-electron chi connectivity index (χ0n) is 10.5. The summed E-state index contributed by atoms with van der Waals surface area (Å²) in [5.74, 6) is 0.793. The van der Waals surface area contributed by atoms with Gasteiger partial charge in [-0.2, -0.15) is 13.2 Å². The van der Waals surface area contributed by atoms with Gasteiger partial charge in [0.05, 0.1) is 11.7 Å². The van der Waals surface area contributed by atoms with Crippen molar-refractivity contribution in [1.29, 1.82) is 0 Å². The first kappa shape index (κ1) is 14.1. The quantitative estimate of drug-likeness (QED) is 0.890. The maximum absolute atomic E-state index is 12.4. The van der Waals surface area contributed by atoms with E-state index in [-0.39, 0.29) is 6.10 Å². The Bertz CT molecular complexity index is 405. The Labute approximate surface area is 109 Å². The summed E-state index contributed by atoms with van der Waals surface area (Å²) in [5.41, 5.74) is -0.744. The number of alkyl halides is 3. The van der Waals surface area contributed by atoms with Crippen LogP contribution in [0.25, 0.3) is 0 Å². The number of rotatable bonds is 3. The zero-order valence-corrected chi connectivity index (χ0v) is 10.5. The molecule has 1 aliphatic rings. The second-order valence-corrected chi connectivity index (χ2v) is 5.00. The molecule has 0 aromatic carbocycles. The van der Waals surface area contributed by atoms with E-state index in [0.717, 1.165) is 37.9 Å². The van der Waals surface area contributed by atoms with Gasteiger partial charge < -0.3 is 10.4 Å². The molecule has 0 aliphatic heterocycles. The molecule has 106 valence electrons. The first-order chi connectivity index (χ1) is 8.95. The van der Waals surface area contributed by atoms with Crippen molar-refractivity contribution in [3.05, 3.63) is 23.9 Å². The molecule has 0 amide bonds. The van der Waals surface area contributed by atoms with Crippen LogP contribution < -0.4 is 5.32 Å². The van der Waals surface area contributed by atoms with Crippen molar-refractivity contribution < 1.29 is 18.3 Å². The number of halogens is 3. The number of nitrogens with zero attached hydrogens (tertiary/aromatic N) is 1. The van der Waals surface area contributed by atoms with Crippen LogP contribution in [-0.2, 0) is 6.18 Å². The second-order valence-electron chi connectivity index (χ2n) is 5.00. The third-order valence-electron chi connectivity index (χ3n) is 3.42. The summed E-state index contributed by atoms with van der Waals surface area (Å²) in [6, 6.07) is 2.35. The molecule has 3 nitrogen and oxygen atoms in total. The minimum Gasteiger partial charge on any atom is -0.393 e. The van der Waals surface area contributed by atoms with E-state index in [4.69, 9.17) is 0 Å². The highest BCUT2D eigenvalue weighted by Gasteiger charge is 2.30.